The van der Waals surface area contributed by atoms with E-state index in [1.807, 2.05) is 19.9 Å². The van der Waals surface area contributed by atoms with Gasteiger partial charge in [-0.05, 0) is 13.8 Å². The molecule has 25 heavy (non-hydrogen) atoms. The summed E-state index contributed by atoms with van der Waals surface area (Å²) in [6.45, 7) is 3.75. The molecule has 1 aliphatic rings. The van der Waals surface area contributed by atoms with Gasteiger partial charge < -0.3 is 9.84 Å². The molecule has 1 saturated heterocycles. The van der Waals surface area contributed by atoms with Gasteiger partial charge in [0.25, 0.3) is 5.78 Å². The fourth-order valence-corrected chi connectivity index (χ4v) is 2.98. The highest BCUT2D eigenvalue weighted by molar-refractivity contribution is 6.44. The van der Waals surface area contributed by atoms with Crippen LogP contribution < -0.4 is 5.32 Å². The number of nitrogens with one attached hydrogen (secondary N) is 1. The highest BCUT2D eigenvalue weighted by Gasteiger charge is 2.55. The smallest absolute Gasteiger partial charge is 0.382 e. The van der Waals surface area contributed by atoms with Crippen LogP contribution in [0.5, 0.6) is 0 Å². The molecule has 0 radical (unpaired) electrons. The van der Waals surface area contributed by atoms with Gasteiger partial charge in [-0.1, -0.05) is 60.7 Å². The number of ketones is 1. The topological polar surface area (TPSA) is 75.6 Å². The highest BCUT2D eigenvalue weighted by atomic mass is 16.6. The van der Waals surface area contributed by atoms with E-state index < -0.39 is 17.5 Å². The number of Topliss-reactive ketones (excluding diaryl/α,β-unsaturated/α-hetero) is 1. The average Bonchev–Trinajstić information content (AvgIpc) is 2.86. The largest absolute Gasteiger partial charge is 0.507 e. The lowest BCUT2D eigenvalue weighted by atomic mass is 9.90. The normalized spacial score (nSPS) is 22.2. The molecule has 1 fully saturated rings. The van der Waals surface area contributed by atoms with Crippen LogP contribution in [-0.4, -0.2) is 22.9 Å². The molecule has 0 aliphatic carbocycles. The predicted molar refractivity (Wildman–Crippen MR) is 93.5 cm³/mol. The number of benzene rings is 2. The molecule has 5 heteroatoms. The van der Waals surface area contributed by atoms with Crippen molar-refractivity contribution in [1.29, 1.82) is 0 Å². The molecule has 1 atom stereocenters. The van der Waals surface area contributed by atoms with Gasteiger partial charge in [0.1, 0.15) is 11.3 Å². The molecular weight excluding hydrogens is 318 g/mol. The molecule has 1 aliphatic heterocycles. The molecule has 0 saturated carbocycles. The Bertz CT molecular complexity index is 827. The maximum Gasteiger partial charge on any atom is 0.382 e. The van der Waals surface area contributed by atoms with Gasteiger partial charge in [-0.3, -0.25) is 10.1 Å². The molecule has 1 unspecified atom stereocenters. The predicted octanol–water partition coefficient (Wildman–Crippen LogP) is 2.93. The SMILES string of the molecule is CC(C)NC1(c2ccccc2)OC(=O)C(=O)/C1=C(/O)c1ccccc1. The van der Waals surface area contributed by atoms with Gasteiger partial charge >= 0.3 is 5.97 Å². The van der Waals surface area contributed by atoms with Crippen molar-refractivity contribution < 1.29 is 19.4 Å². The Morgan fingerprint density at radius 3 is 2.12 bits per heavy atom. The summed E-state index contributed by atoms with van der Waals surface area (Å²) in [5.41, 5.74) is -0.609. The summed E-state index contributed by atoms with van der Waals surface area (Å²) < 4.78 is 5.50. The van der Waals surface area contributed by atoms with E-state index in [1.54, 1.807) is 54.6 Å². The molecular formula is C20H19NO4. The second-order valence-corrected chi connectivity index (χ2v) is 6.15. The number of carbonyl (C=O) groups is 2. The van der Waals surface area contributed by atoms with E-state index in [0.29, 0.717) is 11.1 Å². The first-order valence-electron chi connectivity index (χ1n) is 8.05. The first-order valence-corrected chi connectivity index (χ1v) is 8.05. The zero-order valence-electron chi connectivity index (χ0n) is 14.0. The van der Waals surface area contributed by atoms with Gasteiger partial charge in [-0.2, -0.15) is 0 Å². The minimum atomic E-state index is -1.52. The quantitative estimate of drug-likeness (QED) is 0.388. The third-order valence-electron chi connectivity index (χ3n) is 3.97. The summed E-state index contributed by atoms with van der Waals surface area (Å²) >= 11 is 0. The molecule has 3 rings (SSSR count). The van der Waals surface area contributed by atoms with E-state index in [4.69, 9.17) is 4.74 Å². The van der Waals surface area contributed by atoms with Crippen LogP contribution in [0.15, 0.2) is 66.2 Å². The highest BCUT2D eigenvalue weighted by Crippen LogP contribution is 2.41. The van der Waals surface area contributed by atoms with Crippen molar-refractivity contribution in [2.45, 2.75) is 25.6 Å². The van der Waals surface area contributed by atoms with Gasteiger partial charge in [0.15, 0.2) is 0 Å². The third-order valence-corrected chi connectivity index (χ3v) is 3.97. The number of aliphatic hydroxyl groups is 1. The Labute approximate surface area is 145 Å². The average molecular weight is 337 g/mol. The van der Waals surface area contributed by atoms with Gasteiger partial charge in [-0.15, -0.1) is 0 Å². The number of rotatable bonds is 4. The van der Waals surface area contributed by atoms with Crippen LogP contribution in [0, 0.1) is 0 Å². The van der Waals surface area contributed by atoms with Crippen LogP contribution in [-0.2, 0) is 20.1 Å². The second kappa shape index (κ2) is 6.53. The summed E-state index contributed by atoms with van der Waals surface area (Å²) in [4.78, 5) is 24.7. The third kappa shape index (κ3) is 2.94. The summed E-state index contributed by atoms with van der Waals surface area (Å²) in [5.74, 6) is -2.11. The van der Waals surface area contributed by atoms with Gasteiger partial charge in [0, 0.05) is 17.2 Å². The first-order chi connectivity index (χ1) is 12.0. The summed E-state index contributed by atoms with van der Waals surface area (Å²) in [6.07, 6.45) is 0. The number of esters is 1. The van der Waals surface area contributed by atoms with Crippen LogP contribution in [0.25, 0.3) is 5.76 Å². The van der Waals surface area contributed by atoms with Gasteiger partial charge in [0.05, 0.1) is 0 Å². The van der Waals surface area contributed by atoms with Crippen molar-refractivity contribution >= 4 is 17.5 Å². The molecule has 5 nitrogen and oxygen atoms in total. The Hall–Kier alpha value is -2.92. The molecule has 1 heterocycles. The van der Waals surface area contributed by atoms with E-state index in [-0.39, 0.29) is 17.4 Å². The number of aliphatic hydroxyl groups excluding tert-OH is 1. The molecule has 2 N–H and O–H groups in total. The van der Waals surface area contributed by atoms with Crippen LogP contribution >= 0.6 is 0 Å². The Kier molecular flexibility index (Phi) is 4.42. The zero-order chi connectivity index (χ0) is 18.0. The van der Waals surface area contributed by atoms with E-state index in [1.165, 1.54) is 0 Å². The lowest BCUT2D eigenvalue weighted by Crippen LogP contribution is -2.47. The van der Waals surface area contributed by atoms with E-state index in [9.17, 15) is 14.7 Å². The van der Waals surface area contributed by atoms with E-state index in [0.717, 1.165) is 0 Å². The maximum absolute atomic E-state index is 12.6. The van der Waals surface area contributed by atoms with Crippen LogP contribution in [0.3, 0.4) is 0 Å². The number of hydrogen-bond acceptors (Lipinski definition) is 5. The van der Waals surface area contributed by atoms with Crippen molar-refractivity contribution in [2.75, 3.05) is 0 Å². The van der Waals surface area contributed by atoms with E-state index in [2.05, 4.69) is 5.32 Å². The summed E-state index contributed by atoms with van der Waals surface area (Å²) in [6, 6.07) is 17.4. The Morgan fingerprint density at radius 1 is 1.00 bits per heavy atom. The summed E-state index contributed by atoms with van der Waals surface area (Å²) in [5, 5.41) is 14.0. The van der Waals surface area contributed by atoms with E-state index >= 15 is 0 Å². The van der Waals surface area contributed by atoms with Crippen LogP contribution in [0.1, 0.15) is 25.0 Å². The molecule has 0 spiro atoms. The monoisotopic (exact) mass is 337 g/mol. The number of hydrogen-bond donors (Lipinski definition) is 2. The number of carbonyl (C=O) groups excluding carboxylic acids is 2. The van der Waals surface area contributed by atoms with Crippen molar-refractivity contribution in [3.8, 4) is 0 Å². The first kappa shape index (κ1) is 16.9. The van der Waals surface area contributed by atoms with Crippen molar-refractivity contribution in [3.05, 3.63) is 77.4 Å². The minimum Gasteiger partial charge on any atom is -0.507 e. The lowest BCUT2D eigenvalue weighted by Gasteiger charge is -2.32. The molecule has 2 aromatic rings. The van der Waals surface area contributed by atoms with Gasteiger partial charge in [0.2, 0.25) is 5.72 Å². The zero-order valence-corrected chi connectivity index (χ0v) is 14.0. The number of ether oxygens (including phenoxy) is 1. The lowest BCUT2D eigenvalue weighted by molar-refractivity contribution is -0.156. The van der Waals surface area contributed by atoms with Crippen LogP contribution in [0.4, 0.5) is 0 Å². The number of cyclic esters (lactones) is 1. The second-order valence-electron chi connectivity index (χ2n) is 6.15. The fraction of sp³-hybridized carbons (Fsp3) is 0.200. The Morgan fingerprint density at radius 2 is 1.56 bits per heavy atom. The molecule has 2 aromatic carbocycles. The maximum atomic E-state index is 12.6. The summed E-state index contributed by atoms with van der Waals surface area (Å²) in [7, 11) is 0. The van der Waals surface area contributed by atoms with Crippen LogP contribution in [0.2, 0.25) is 0 Å². The van der Waals surface area contributed by atoms with Gasteiger partial charge in [-0.25, -0.2) is 4.79 Å². The molecule has 128 valence electrons. The van der Waals surface area contributed by atoms with Crippen molar-refractivity contribution in [1.82, 2.24) is 5.32 Å². The minimum absolute atomic E-state index is 0.0939. The molecule has 0 bridgehead atoms. The standard InChI is InChI=1S/C20H19NO4/c1-13(2)21-20(15-11-7-4-8-12-15)16(18(23)19(24)25-20)17(22)14-9-5-3-6-10-14/h3-13,21-22H,1-2H3/b17-16-. The van der Waals surface area contributed by atoms with Crippen molar-refractivity contribution in [2.24, 2.45) is 0 Å². The molecule has 0 aromatic heterocycles. The Balaban J connectivity index is 2.28. The fourth-order valence-electron chi connectivity index (χ4n) is 2.98. The van der Waals surface area contributed by atoms with Crippen molar-refractivity contribution in [3.63, 3.8) is 0 Å². The molecule has 0 amide bonds.